The average molecular weight is 486 g/mol. The molecule has 0 atom stereocenters. The Bertz CT molecular complexity index is 679. The lowest BCUT2D eigenvalue weighted by molar-refractivity contribution is -0.116. The van der Waals surface area contributed by atoms with Crippen LogP contribution in [0.15, 0.2) is 57.5 Å². The number of hydrogen-bond donors (Lipinski definition) is 2. The van der Waals surface area contributed by atoms with Gasteiger partial charge in [0, 0.05) is 33.3 Å². The van der Waals surface area contributed by atoms with Crippen molar-refractivity contribution in [3.63, 3.8) is 0 Å². The lowest BCUT2D eigenvalue weighted by atomic mass is 10.3. The first-order valence-corrected chi connectivity index (χ1v) is 10.5. The molecule has 4 nitrogen and oxygen atoms in total. The zero-order valence-electron chi connectivity index (χ0n) is 13.4. The maximum atomic E-state index is 11.9. The van der Waals surface area contributed by atoms with Crippen molar-refractivity contribution in [3.8, 4) is 0 Å². The van der Waals surface area contributed by atoms with Gasteiger partial charge in [-0.05, 0) is 56.1 Å². The molecule has 0 bridgehead atoms. The first-order valence-electron chi connectivity index (χ1n) is 7.73. The van der Waals surface area contributed by atoms with Gasteiger partial charge in [0.2, 0.25) is 11.8 Å². The van der Waals surface area contributed by atoms with Gasteiger partial charge in [0.25, 0.3) is 0 Å². The van der Waals surface area contributed by atoms with E-state index in [1.165, 1.54) is 0 Å². The van der Waals surface area contributed by atoms with Crippen LogP contribution in [0.1, 0.15) is 12.8 Å². The standard InChI is InChI=1S/C18H18Br2N2O2S/c19-13-5-1-3-7-15(13)21-17(23)9-11-25-12-10-18(24)22-16-8-4-2-6-14(16)20/h1-8H,9-12H2,(H,21,23)(H,22,24). The number of carbonyl (C=O) groups is 2. The van der Waals surface area contributed by atoms with Crippen LogP contribution in [0.4, 0.5) is 11.4 Å². The first-order chi connectivity index (χ1) is 12.1. The molecule has 0 spiro atoms. The van der Waals surface area contributed by atoms with E-state index in [4.69, 9.17) is 0 Å². The van der Waals surface area contributed by atoms with Gasteiger partial charge in [-0.15, -0.1) is 0 Å². The van der Waals surface area contributed by atoms with Gasteiger partial charge in [0.1, 0.15) is 0 Å². The monoisotopic (exact) mass is 484 g/mol. The Balaban J connectivity index is 1.61. The van der Waals surface area contributed by atoms with Crippen LogP contribution >= 0.6 is 43.6 Å². The molecule has 7 heteroatoms. The fourth-order valence-corrected chi connectivity index (χ4v) is 3.61. The van der Waals surface area contributed by atoms with E-state index in [-0.39, 0.29) is 11.8 Å². The Morgan fingerprint density at radius 2 is 1.16 bits per heavy atom. The van der Waals surface area contributed by atoms with Crippen molar-refractivity contribution in [1.82, 2.24) is 0 Å². The molecule has 0 saturated carbocycles. The molecule has 0 fully saturated rings. The van der Waals surface area contributed by atoms with Gasteiger partial charge in [0.05, 0.1) is 11.4 Å². The number of para-hydroxylation sites is 2. The van der Waals surface area contributed by atoms with Gasteiger partial charge in [-0.1, -0.05) is 24.3 Å². The number of amides is 2. The number of halogens is 2. The molecule has 0 aromatic heterocycles. The van der Waals surface area contributed by atoms with Gasteiger partial charge < -0.3 is 10.6 Å². The highest BCUT2D eigenvalue weighted by Crippen LogP contribution is 2.22. The second kappa shape index (κ2) is 10.6. The third kappa shape index (κ3) is 7.22. The van der Waals surface area contributed by atoms with E-state index >= 15 is 0 Å². The van der Waals surface area contributed by atoms with E-state index in [0.29, 0.717) is 24.3 Å². The number of rotatable bonds is 8. The van der Waals surface area contributed by atoms with Gasteiger partial charge in [-0.3, -0.25) is 9.59 Å². The highest BCUT2D eigenvalue weighted by Gasteiger charge is 2.07. The quantitative estimate of drug-likeness (QED) is 0.498. The summed E-state index contributed by atoms with van der Waals surface area (Å²) in [6.45, 7) is 0. The smallest absolute Gasteiger partial charge is 0.225 e. The lowest BCUT2D eigenvalue weighted by Gasteiger charge is -2.08. The second-order valence-electron chi connectivity index (χ2n) is 5.17. The molecule has 0 aliphatic rings. The van der Waals surface area contributed by atoms with Gasteiger partial charge in [-0.2, -0.15) is 11.8 Å². The van der Waals surface area contributed by atoms with Crippen LogP contribution in [0.5, 0.6) is 0 Å². The Morgan fingerprint density at radius 1 is 0.760 bits per heavy atom. The minimum Gasteiger partial charge on any atom is -0.325 e. The average Bonchev–Trinajstić information content (AvgIpc) is 2.59. The van der Waals surface area contributed by atoms with Crippen molar-refractivity contribution >= 4 is 66.8 Å². The van der Waals surface area contributed by atoms with E-state index in [1.54, 1.807) is 11.8 Å². The molecule has 0 saturated heterocycles. The summed E-state index contributed by atoms with van der Waals surface area (Å²) in [6, 6.07) is 15.0. The molecule has 2 rings (SSSR count). The number of thioether (sulfide) groups is 1. The van der Waals surface area contributed by atoms with Crippen LogP contribution < -0.4 is 10.6 Å². The lowest BCUT2D eigenvalue weighted by Crippen LogP contribution is -2.14. The molecular formula is C18H18Br2N2O2S. The van der Waals surface area contributed by atoms with Crippen molar-refractivity contribution < 1.29 is 9.59 Å². The Kier molecular flexibility index (Phi) is 8.51. The highest BCUT2D eigenvalue weighted by molar-refractivity contribution is 9.11. The Labute approximate surface area is 168 Å². The van der Waals surface area contributed by atoms with Crippen molar-refractivity contribution in [1.29, 1.82) is 0 Å². The number of benzene rings is 2. The van der Waals surface area contributed by atoms with Crippen LogP contribution in [0.25, 0.3) is 0 Å². The Hall–Kier alpha value is -1.31. The van der Waals surface area contributed by atoms with Gasteiger partial charge >= 0.3 is 0 Å². The van der Waals surface area contributed by atoms with Crippen molar-refractivity contribution in [2.45, 2.75) is 12.8 Å². The summed E-state index contributed by atoms with van der Waals surface area (Å²) in [5, 5.41) is 5.73. The maximum Gasteiger partial charge on any atom is 0.225 e. The molecule has 2 aromatic rings. The zero-order valence-corrected chi connectivity index (χ0v) is 17.4. The Morgan fingerprint density at radius 3 is 1.56 bits per heavy atom. The van der Waals surface area contributed by atoms with Crippen molar-refractivity contribution in [2.75, 3.05) is 22.1 Å². The van der Waals surface area contributed by atoms with Crippen molar-refractivity contribution in [2.24, 2.45) is 0 Å². The summed E-state index contributed by atoms with van der Waals surface area (Å²) in [5.41, 5.74) is 1.54. The summed E-state index contributed by atoms with van der Waals surface area (Å²) in [7, 11) is 0. The summed E-state index contributed by atoms with van der Waals surface area (Å²) in [4.78, 5) is 23.8. The molecule has 132 valence electrons. The predicted octanol–water partition coefficient (Wildman–Crippen LogP) is 5.30. The molecule has 0 radical (unpaired) electrons. The fraction of sp³-hybridized carbons (Fsp3) is 0.222. The number of anilines is 2. The van der Waals surface area contributed by atoms with Crippen LogP contribution in [-0.2, 0) is 9.59 Å². The number of hydrogen-bond acceptors (Lipinski definition) is 3. The number of carbonyl (C=O) groups excluding carboxylic acids is 2. The van der Waals surface area contributed by atoms with Crippen molar-refractivity contribution in [3.05, 3.63) is 57.5 Å². The maximum absolute atomic E-state index is 11.9. The molecule has 0 unspecified atom stereocenters. The van der Waals surface area contributed by atoms with E-state index < -0.39 is 0 Å². The molecule has 0 aliphatic carbocycles. The van der Waals surface area contributed by atoms with Crippen LogP contribution in [0, 0.1) is 0 Å². The summed E-state index contributed by atoms with van der Waals surface area (Å²) < 4.78 is 1.72. The third-order valence-electron chi connectivity index (χ3n) is 3.24. The van der Waals surface area contributed by atoms with E-state index in [2.05, 4.69) is 42.5 Å². The normalized spacial score (nSPS) is 10.3. The van der Waals surface area contributed by atoms with Gasteiger partial charge in [-0.25, -0.2) is 0 Å². The summed E-state index contributed by atoms with van der Waals surface area (Å²) in [5.74, 6) is 1.30. The topological polar surface area (TPSA) is 58.2 Å². The minimum atomic E-state index is -0.0305. The summed E-state index contributed by atoms with van der Waals surface area (Å²) >= 11 is 8.39. The zero-order chi connectivity index (χ0) is 18.1. The second-order valence-corrected chi connectivity index (χ2v) is 8.10. The largest absolute Gasteiger partial charge is 0.325 e. The fourth-order valence-electron chi connectivity index (χ4n) is 1.98. The van der Waals surface area contributed by atoms with Crippen LogP contribution in [0.3, 0.4) is 0 Å². The molecule has 2 aromatic carbocycles. The minimum absolute atomic E-state index is 0.0305. The molecule has 2 amide bonds. The molecule has 0 aliphatic heterocycles. The first kappa shape index (κ1) is 20.0. The SMILES string of the molecule is O=C(CCSCCC(=O)Nc1ccccc1Br)Nc1ccccc1Br. The van der Waals surface area contributed by atoms with E-state index in [9.17, 15) is 9.59 Å². The predicted molar refractivity (Wildman–Crippen MR) is 112 cm³/mol. The number of nitrogens with one attached hydrogen (secondary N) is 2. The molecule has 0 heterocycles. The van der Waals surface area contributed by atoms with Crippen LogP contribution in [-0.4, -0.2) is 23.3 Å². The third-order valence-corrected chi connectivity index (χ3v) is 5.61. The van der Waals surface area contributed by atoms with Crippen LogP contribution in [0.2, 0.25) is 0 Å². The van der Waals surface area contributed by atoms with E-state index in [1.807, 2.05) is 48.5 Å². The molecule has 25 heavy (non-hydrogen) atoms. The highest BCUT2D eigenvalue weighted by atomic mass is 79.9. The van der Waals surface area contributed by atoms with E-state index in [0.717, 1.165) is 20.3 Å². The molecule has 2 N–H and O–H groups in total. The summed E-state index contributed by atoms with van der Waals surface area (Å²) in [6.07, 6.45) is 0.829. The van der Waals surface area contributed by atoms with Gasteiger partial charge in [0.15, 0.2) is 0 Å². The molecular weight excluding hydrogens is 468 g/mol.